The first-order valence-corrected chi connectivity index (χ1v) is 8.49. The summed E-state index contributed by atoms with van der Waals surface area (Å²) in [5.41, 5.74) is 2.83. The van der Waals surface area contributed by atoms with Crippen LogP contribution < -0.4 is 4.74 Å². The summed E-state index contributed by atoms with van der Waals surface area (Å²) in [7, 11) is 0. The van der Waals surface area contributed by atoms with E-state index >= 15 is 0 Å². The van der Waals surface area contributed by atoms with Crippen molar-refractivity contribution in [1.82, 2.24) is 24.5 Å². The molecule has 1 aliphatic rings. The molecule has 0 N–H and O–H groups in total. The molecular weight excluding hydrogens is 302 g/mol. The van der Waals surface area contributed by atoms with E-state index in [4.69, 9.17) is 4.74 Å². The van der Waals surface area contributed by atoms with Crippen LogP contribution in [0.3, 0.4) is 0 Å². The summed E-state index contributed by atoms with van der Waals surface area (Å²) in [5.74, 6) is 0.670. The third kappa shape index (κ3) is 3.38. The Morgan fingerprint density at radius 3 is 2.67 bits per heavy atom. The molecule has 0 radical (unpaired) electrons. The second-order valence-corrected chi connectivity index (χ2v) is 6.11. The summed E-state index contributed by atoms with van der Waals surface area (Å²) in [6.07, 6.45) is 11.3. The number of rotatable bonds is 5. The van der Waals surface area contributed by atoms with E-state index in [1.807, 2.05) is 36.8 Å². The smallest absolute Gasteiger partial charge is 0.213 e. The Morgan fingerprint density at radius 2 is 1.83 bits per heavy atom. The van der Waals surface area contributed by atoms with E-state index in [0.717, 1.165) is 23.3 Å². The summed E-state index contributed by atoms with van der Waals surface area (Å²) in [5, 5.41) is 4.21. The SMILES string of the molecule is c1cc2ncc(-c3ccc(OCCN4CCCCC4)nc3)cn2n1. The third-order valence-electron chi connectivity index (χ3n) is 4.42. The van der Waals surface area contributed by atoms with Crippen LogP contribution in [-0.4, -0.2) is 50.7 Å². The maximum Gasteiger partial charge on any atom is 0.213 e. The molecule has 4 heterocycles. The van der Waals surface area contributed by atoms with Gasteiger partial charge in [0, 0.05) is 48.4 Å². The van der Waals surface area contributed by atoms with Crippen molar-refractivity contribution < 1.29 is 4.74 Å². The van der Waals surface area contributed by atoms with Crippen LogP contribution in [0, 0.1) is 0 Å². The normalized spacial score (nSPS) is 15.7. The van der Waals surface area contributed by atoms with Crippen LogP contribution in [-0.2, 0) is 0 Å². The number of likely N-dealkylation sites (tertiary alicyclic amines) is 1. The summed E-state index contributed by atoms with van der Waals surface area (Å²) in [6.45, 7) is 4.05. The summed E-state index contributed by atoms with van der Waals surface area (Å²) < 4.78 is 7.53. The molecule has 24 heavy (non-hydrogen) atoms. The van der Waals surface area contributed by atoms with Gasteiger partial charge in [0.15, 0.2) is 5.65 Å². The molecule has 3 aromatic heterocycles. The fourth-order valence-corrected chi connectivity index (χ4v) is 3.06. The summed E-state index contributed by atoms with van der Waals surface area (Å²) in [6, 6.07) is 5.80. The molecule has 0 amide bonds. The minimum absolute atomic E-state index is 0.670. The molecule has 0 aromatic carbocycles. The number of hydrogen-bond acceptors (Lipinski definition) is 5. The summed E-state index contributed by atoms with van der Waals surface area (Å²) in [4.78, 5) is 11.2. The number of ether oxygens (including phenoxy) is 1. The van der Waals surface area contributed by atoms with Gasteiger partial charge in [-0.05, 0) is 32.0 Å². The van der Waals surface area contributed by atoms with Crippen molar-refractivity contribution >= 4 is 5.65 Å². The Balaban J connectivity index is 1.37. The van der Waals surface area contributed by atoms with Crippen molar-refractivity contribution in [3.63, 3.8) is 0 Å². The fourth-order valence-electron chi connectivity index (χ4n) is 3.06. The molecule has 124 valence electrons. The molecule has 1 aliphatic heterocycles. The predicted octanol–water partition coefficient (Wildman–Crippen LogP) is 2.66. The second kappa shape index (κ2) is 6.97. The van der Waals surface area contributed by atoms with E-state index < -0.39 is 0 Å². The number of piperidine rings is 1. The molecule has 0 saturated carbocycles. The number of nitrogens with zero attached hydrogens (tertiary/aromatic N) is 5. The van der Waals surface area contributed by atoms with E-state index in [-0.39, 0.29) is 0 Å². The molecule has 0 atom stereocenters. The molecule has 3 aromatic rings. The topological polar surface area (TPSA) is 55.5 Å². The van der Waals surface area contributed by atoms with Crippen LogP contribution >= 0.6 is 0 Å². The van der Waals surface area contributed by atoms with Crippen molar-refractivity contribution in [2.45, 2.75) is 19.3 Å². The lowest BCUT2D eigenvalue weighted by Crippen LogP contribution is -2.33. The lowest BCUT2D eigenvalue weighted by atomic mass is 10.1. The Labute approximate surface area is 141 Å². The van der Waals surface area contributed by atoms with E-state index in [1.165, 1.54) is 32.4 Å². The zero-order chi connectivity index (χ0) is 16.2. The van der Waals surface area contributed by atoms with Gasteiger partial charge in [0.25, 0.3) is 0 Å². The molecular formula is C18H21N5O. The van der Waals surface area contributed by atoms with Gasteiger partial charge in [0.1, 0.15) is 6.61 Å². The van der Waals surface area contributed by atoms with Gasteiger partial charge in [-0.25, -0.2) is 14.5 Å². The Hall–Kier alpha value is -2.47. The van der Waals surface area contributed by atoms with Gasteiger partial charge in [-0.2, -0.15) is 5.10 Å². The molecule has 0 bridgehead atoms. The van der Waals surface area contributed by atoms with Crippen molar-refractivity contribution in [3.05, 3.63) is 43.0 Å². The molecule has 0 unspecified atom stereocenters. The molecule has 0 spiro atoms. The summed E-state index contributed by atoms with van der Waals surface area (Å²) >= 11 is 0. The van der Waals surface area contributed by atoms with Crippen LogP contribution in [0.1, 0.15) is 19.3 Å². The first-order chi connectivity index (χ1) is 11.9. The van der Waals surface area contributed by atoms with Crippen LogP contribution in [0.5, 0.6) is 5.88 Å². The molecule has 6 heteroatoms. The van der Waals surface area contributed by atoms with Crippen LogP contribution in [0.25, 0.3) is 16.8 Å². The van der Waals surface area contributed by atoms with Crippen LogP contribution in [0.15, 0.2) is 43.0 Å². The lowest BCUT2D eigenvalue weighted by Gasteiger charge is -2.26. The lowest BCUT2D eigenvalue weighted by molar-refractivity contribution is 0.180. The van der Waals surface area contributed by atoms with Crippen molar-refractivity contribution in [2.75, 3.05) is 26.2 Å². The van der Waals surface area contributed by atoms with Crippen LogP contribution in [0.4, 0.5) is 0 Å². The van der Waals surface area contributed by atoms with Gasteiger partial charge in [-0.3, -0.25) is 4.90 Å². The largest absolute Gasteiger partial charge is 0.476 e. The standard InChI is InChI=1S/C18H21N5O/c1-2-8-22(9-3-1)10-11-24-18-5-4-15(12-20-18)16-13-19-17-6-7-21-23(17)14-16/h4-7,12-14H,1-3,8-11H2. The molecule has 6 nitrogen and oxygen atoms in total. The maximum absolute atomic E-state index is 5.77. The second-order valence-electron chi connectivity index (χ2n) is 6.11. The van der Waals surface area contributed by atoms with Crippen LogP contribution in [0.2, 0.25) is 0 Å². The van der Waals surface area contributed by atoms with E-state index in [9.17, 15) is 0 Å². The van der Waals surface area contributed by atoms with Gasteiger partial charge in [-0.15, -0.1) is 0 Å². The van der Waals surface area contributed by atoms with Crippen molar-refractivity contribution in [1.29, 1.82) is 0 Å². The zero-order valence-corrected chi connectivity index (χ0v) is 13.6. The number of pyridine rings is 1. The van der Waals surface area contributed by atoms with Gasteiger partial charge < -0.3 is 4.74 Å². The van der Waals surface area contributed by atoms with E-state index in [2.05, 4.69) is 20.0 Å². The van der Waals surface area contributed by atoms with Gasteiger partial charge in [-0.1, -0.05) is 6.42 Å². The molecule has 1 saturated heterocycles. The highest BCUT2D eigenvalue weighted by Crippen LogP contribution is 2.19. The van der Waals surface area contributed by atoms with E-state index in [1.54, 1.807) is 10.7 Å². The van der Waals surface area contributed by atoms with E-state index in [0.29, 0.717) is 12.5 Å². The Bertz CT molecular complexity index is 793. The van der Waals surface area contributed by atoms with Crippen molar-refractivity contribution in [2.24, 2.45) is 0 Å². The first-order valence-electron chi connectivity index (χ1n) is 8.49. The zero-order valence-electron chi connectivity index (χ0n) is 13.6. The average Bonchev–Trinajstić information content (AvgIpc) is 3.11. The molecule has 1 fully saturated rings. The Morgan fingerprint density at radius 1 is 0.958 bits per heavy atom. The fraction of sp³-hybridized carbons (Fsp3) is 0.389. The number of hydrogen-bond donors (Lipinski definition) is 0. The predicted molar refractivity (Wildman–Crippen MR) is 92.0 cm³/mol. The average molecular weight is 323 g/mol. The number of fused-ring (bicyclic) bond motifs is 1. The first kappa shape index (κ1) is 15.1. The Kier molecular flexibility index (Phi) is 4.38. The monoisotopic (exact) mass is 323 g/mol. The van der Waals surface area contributed by atoms with Gasteiger partial charge >= 0.3 is 0 Å². The highest BCUT2D eigenvalue weighted by molar-refractivity contribution is 5.62. The maximum atomic E-state index is 5.77. The minimum Gasteiger partial charge on any atom is -0.476 e. The highest BCUT2D eigenvalue weighted by atomic mass is 16.5. The van der Waals surface area contributed by atoms with Gasteiger partial charge in [0.05, 0.1) is 6.20 Å². The highest BCUT2D eigenvalue weighted by Gasteiger charge is 2.09. The molecule has 0 aliphatic carbocycles. The molecule has 4 rings (SSSR count). The number of aromatic nitrogens is 4. The van der Waals surface area contributed by atoms with Crippen molar-refractivity contribution in [3.8, 4) is 17.0 Å². The van der Waals surface area contributed by atoms with Gasteiger partial charge in [0.2, 0.25) is 5.88 Å². The quantitative estimate of drug-likeness (QED) is 0.722. The minimum atomic E-state index is 0.670. The third-order valence-corrected chi connectivity index (χ3v) is 4.42.